The van der Waals surface area contributed by atoms with Gasteiger partial charge < -0.3 is 10.2 Å². The lowest BCUT2D eigenvalue weighted by atomic mass is 9.54. The monoisotopic (exact) mass is 430 g/mol. The lowest BCUT2D eigenvalue weighted by Gasteiger charge is -2.50. The van der Waals surface area contributed by atoms with Crippen molar-refractivity contribution in [1.82, 2.24) is 0 Å². The van der Waals surface area contributed by atoms with Crippen LogP contribution in [0.4, 0.5) is 0 Å². The third-order valence-corrected chi connectivity index (χ3v) is 8.27. The number of rotatable bonds is 4. The first-order valence-corrected chi connectivity index (χ1v) is 11.7. The summed E-state index contributed by atoms with van der Waals surface area (Å²) >= 11 is 0. The van der Waals surface area contributed by atoms with Gasteiger partial charge in [-0.3, -0.25) is 0 Å². The SMILES string of the molecule is CCCC(C(=O)OOC(C)=O)c1cc(O)cc2c1[C@H]1CC[C@]3(C)[C@@H](O)CC[C@H]3[C@@H]1CC2. The Morgan fingerprint density at radius 2 is 1.97 bits per heavy atom. The highest BCUT2D eigenvalue weighted by Crippen LogP contribution is 2.61. The Morgan fingerprint density at radius 1 is 1.19 bits per heavy atom. The number of carbonyl (C=O) groups is 2. The van der Waals surface area contributed by atoms with Crippen LogP contribution >= 0.6 is 0 Å². The highest BCUT2D eigenvalue weighted by molar-refractivity contribution is 5.80. The molecule has 4 rings (SSSR count). The Bertz CT molecular complexity index is 864. The van der Waals surface area contributed by atoms with Crippen LogP contribution in [0.1, 0.15) is 94.2 Å². The van der Waals surface area contributed by atoms with Gasteiger partial charge >= 0.3 is 11.9 Å². The minimum absolute atomic E-state index is 0.0210. The van der Waals surface area contributed by atoms with E-state index in [1.807, 2.05) is 13.0 Å². The number of hydrogen-bond acceptors (Lipinski definition) is 6. The van der Waals surface area contributed by atoms with Crippen LogP contribution in [0.2, 0.25) is 0 Å². The van der Waals surface area contributed by atoms with Gasteiger partial charge in [0, 0.05) is 6.92 Å². The molecule has 0 saturated heterocycles. The van der Waals surface area contributed by atoms with Crippen LogP contribution in [0.3, 0.4) is 0 Å². The second-order valence-corrected chi connectivity index (χ2v) is 9.98. The fraction of sp³-hybridized carbons (Fsp3) is 0.680. The number of phenols is 1. The van der Waals surface area contributed by atoms with Gasteiger partial charge in [0.25, 0.3) is 0 Å². The smallest absolute Gasteiger partial charge is 0.362 e. The van der Waals surface area contributed by atoms with Crippen LogP contribution < -0.4 is 0 Å². The average molecular weight is 431 g/mol. The van der Waals surface area contributed by atoms with Crippen LogP contribution in [-0.2, 0) is 25.8 Å². The molecule has 0 spiro atoms. The van der Waals surface area contributed by atoms with Gasteiger partial charge in [0.05, 0.1) is 12.0 Å². The molecule has 2 N–H and O–H groups in total. The molecule has 1 aromatic carbocycles. The van der Waals surface area contributed by atoms with Crippen molar-refractivity contribution in [3.05, 3.63) is 28.8 Å². The fourth-order valence-electron chi connectivity index (χ4n) is 6.86. The Balaban J connectivity index is 1.73. The molecule has 6 atom stereocenters. The largest absolute Gasteiger partial charge is 0.508 e. The molecule has 2 fully saturated rings. The lowest BCUT2D eigenvalue weighted by molar-refractivity contribution is -0.258. The van der Waals surface area contributed by atoms with E-state index in [0.717, 1.165) is 56.1 Å². The Hall–Kier alpha value is -2.08. The minimum atomic E-state index is -0.673. The summed E-state index contributed by atoms with van der Waals surface area (Å²) in [4.78, 5) is 33.4. The van der Waals surface area contributed by atoms with Crippen LogP contribution in [0.25, 0.3) is 0 Å². The fourth-order valence-corrected chi connectivity index (χ4v) is 6.86. The molecule has 0 heterocycles. The molecule has 170 valence electrons. The first kappa shape index (κ1) is 22.1. The standard InChI is InChI=1S/C25H34O6/c1-4-5-19(24(29)31-30-14(2)26)20-13-16(27)12-15-6-7-17-18(23(15)20)10-11-25(3)21(17)8-9-22(25)28/h12-13,17-19,21-22,27-28H,4-11H2,1-3H3/t17-,18+,19?,21+,22+,25+/m1/s1. The van der Waals surface area contributed by atoms with E-state index in [-0.39, 0.29) is 17.3 Å². The zero-order valence-corrected chi connectivity index (χ0v) is 18.7. The van der Waals surface area contributed by atoms with E-state index in [9.17, 15) is 19.8 Å². The molecule has 6 nitrogen and oxygen atoms in total. The van der Waals surface area contributed by atoms with E-state index in [1.165, 1.54) is 12.5 Å². The second-order valence-electron chi connectivity index (χ2n) is 9.98. The van der Waals surface area contributed by atoms with Crippen molar-refractivity contribution in [2.75, 3.05) is 0 Å². The van der Waals surface area contributed by atoms with Crippen molar-refractivity contribution in [3.8, 4) is 5.75 Å². The third kappa shape index (κ3) is 3.84. The minimum Gasteiger partial charge on any atom is -0.508 e. The van der Waals surface area contributed by atoms with Gasteiger partial charge in [-0.15, -0.1) is 0 Å². The van der Waals surface area contributed by atoms with E-state index < -0.39 is 17.9 Å². The number of aryl methyl sites for hydroxylation is 1. The van der Waals surface area contributed by atoms with E-state index in [0.29, 0.717) is 24.2 Å². The van der Waals surface area contributed by atoms with Gasteiger partial charge in [-0.2, -0.15) is 0 Å². The molecular weight excluding hydrogens is 396 g/mol. The van der Waals surface area contributed by atoms with Crippen LogP contribution in [-0.4, -0.2) is 28.3 Å². The second kappa shape index (κ2) is 8.45. The van der Waals surface area contributed by atoms with Gasteiger partial charge in [0.1, 0.15) is 5.75 Å². The topological polar surface area (TPSA) is 93.1 Å². The Morgan fingerprint density at radius 3 is 2.68 bits per heavy atom. The summed E-state index contributed by atoms with van der Waals surface area (Å²) in [6.45, 7) is 5.43. The average Bonchev–Trinajstić information content (AvgIpc) is 3.04. The van der Waals surface area contributed by atoms with Crippen molar-refractivity contribution in [2.45, 2.75) is 90.1 Å². The molecule has 0 bridgehead atoms. The Labute approximate surface area is 183 Å². The summed E-state index contributed by atoms with van der Waals surface area (Å²) in [5.74, 6) is -0.440. The summed E-state index contributed by atoms with van der Waals surface area (Å²) in [5, 5.41) is 21.1. The van der Waals surface area contributed by atoms with Gasteiger partial charge in [-0.1, -0.05) is 20.3 Å². The summed E-state index contributed by atoms with van der Waals surface area (Å²) in [5.41, 5.74) is 3.08. The van der Waals surface area contributed by atoms with E-state index in [1.54, 1.807) is 6.07 Å². The molecule has 0 amide bonds. The van der Waals surface area contributed by atoms with Crippen molar-refractivity contribution in [3.63, 3.8) is 0 Å². The number of phenolic OH excluding ortho intramolecular Hbond substituents is 1. The zero-order valence-electron chi connectivity index (χ0n) is 18.7. The van der Waals surface area contributed by atoms with Gasteiger partial charge in [-0.05, 0) is 96.9 Å². The number of aliphatic hydroxyl groups excluding tert-OH is 1. The molecule has 0 radical (unpaired) electrons. The molecule has 2 saturated carbocycles. The molecule has 6 heteroatoms. The number of benzene rings is 1. The number of fused-ring (bicyclic) bond motifs is 5. The maximum Gasteiger partial charge on any atom is 0.362 e. The predicted octanol–water partition coefficient (Wildman–Crippen LogP) is 4.51. The quantitative estimate of drug-likeness (QED) is 0.539. The third-order valence-electron chi connectivity index (χ3n) is 8.27. The number of hydrogen-bond donors (Lipinski definition) is 2. The predicted molar refractivity (Wildman–Crippen MR) is 114 cm³/mol. The summed E-state index contributed by atoms with van der Waals surface area (Å²) < 4.78 is 0. The van der Waals surface area contributed by atoms with Crippen molar-refractivity contribution in [2.24, 2.45) is 17.3 Å². The molecule has 0 aromatic heterocycles. The molecule has 31 heavy (non-hydrogen) atoms. The molecule has 0 aliphatic heterocycles. The number of aromatic hydroxyl groups is 1. The lowest BCUT2D eigenvalue weighted by Crippen LogP contribution is -2.44. The maximum atomic E-state index is 12.9. The van der Waals surface area contributed by atoms with Gasteiger partial charge in [0.2, 0.25) is 0 Å². The Kier molecular flexibility index (Phi) is 6.03. The van der Waals surface area contributed by atoms with E-state index in [2.05, 4.69) is 11.8 Å². The van der Waals surface area contributed by atoms with E-state index in [4.69, 9.17) is 4.89 Å². The van der Waals surface area contributed by atoms with Crippen LogP contribution in [0.5, 0.6) is 5.75 Å². The molecular formula is C25H34O6. The molecule has 1 unspecified atom stereocenters. The highest BCUT2D eigenvalue weighted by Gasteiger charge is 2.55. The normalized spacial score (nSPS) is 32.4. The van der Waals surface area contributed by atoms with Crippen LogP contribution in [0, 0.1) is 17.3 Å². The first-order valence-electron chi connectivity index (χ1n) is 11.7. The molecule has 3 aliphatic rings. The summed E-state index contributed by atoms with van der Waals surface area (Å²) in [6.07, 6.45) is 6.83. The van der Waals surface area contributed by atoms with Crippen molar-refractivity contribution >= 4 is 11.9 Å². The van der Waals surface area contributed by atoms with E-state index >= 15 is 0 Å². The first-order chi connectivity index (χ1) is 14.8. The van der Waals surface area contributed by atoms with Gasteiger partial charge in [-0.25, -0.2) is 19.4 Å². The number of aliphatic hydroxyl groups is 1. The summed E-state index contributed by atoms with van der Waals surface area (Å²) in [6, 6.07) is 3.54. The van der Waals surface area contributed by atoms with Gasteiger partial charge in [0.15, 0.2) is 0 Å². The van der Waals surface area contributed by atoms with Crippen molar-refractivity contribution in [1.29, 1.82) is 0 Å². The highest BCUT2D eigenvalue weighted by atomic mass is 17.2. The molecule has 3 aliphatic carbocycles. The maximum absolute atomic E-state index is 12.9. The number of carbonyl (C=O) groups excluding carboxylic acids is 2. The summed E-state index contributed by atoms with van der Waals surface area (Å²) in [7, 11) is 0. The zero-order chi connectivity index (χ0) is 22.3. The van der Waals surface area contributed by atoms with Crippen molar-refractivity contribution < 1.29 is 29.6 Å². The van der Waals surface area contributed by atoms with Crippen LogP contribution in [0.15, 0.2) is 12.1 Å². The molecule has 1 aromatic rings.